The first-order chi connectivity index (χ1) is 9.24. The van der Waals surface area contributed by atoms with Crippen molar-refractivity contribution in [1.29, 1.82) is 0 Å². The topological polar surface area (TPSA) is 35.2 Å². The number of benzene rings is 1. The van der Waals surface area contributed by atoms with E-state index in [9.17, 15) is 0 Å². The van der Waals surface area contributed by atoms with Crippen LogP contribution < -0.4 is 10.5 Å². The summed E-state index contributed by atoms with van der Waals surface area (Å²) in [5.41, 5.74) is 9.23. The highest BCUT2D eigenvalue weighted by Gasteiger charge is 2.53. The molecule has 0 bridgehead atoms. The number of nitrogens with two attached hydrogens (primary N) is 1. The fourth-order valence-electron chi connectivity index (χ4n) is 4.45. The lowest BCUT2D eigenvalue weighted by Gasteiger charge is -2.13. The van der Waals surface area contributed by atoms with Crippen molar-refractivity contribution < 1.29 is 4.74 Å². The summed E-state index contributed by atoms with van der Waals surface area (Å²) in [6, 6.07) is 6.86. The normalized spacial score (nSPS) is 37.2. The van der Waals surface area contributed by atoms with E-state index in [1.165, 1.54) is 36.8 Å². The molecule has 3 aliphatic rings. The largest absolute Gasteiger partial charge is 0.490 e. The van der Waals surface area contributed by atoms with Crippen molar-refractivity contribution in [2.45, 2.75) is 51.2 Å². The molecule has 4 unspecified atom stereocenters. The van der Waals surface area contributed by atoms with Crippen molar-refractivity contribution in [2.24, 2.45) is 23.5 Å². The van der Waals surface area contributed by atoms with Gasteiger partial charge in [-0.3, -0.25) is 0 Å². The zero-order valence-electron chi connectivity index (χ0n) is 11.6. The number of hydrogen-bond donors (Lipinski definition) is 1. The molecule has 0 amide bonds. The Morgan fingerprint density at radius 2 is 1.95 bits per heavy atom. The molecule has 0 radical (unpaired) electrons. The van der Waals surface area contributed by atoms with Gasteiger partial charge in [0.25, 0.3) is 0 Å². The summed E-state index contributed by atoms with van der Waals surface area (Å²) in [5.74, 6) is 3.66. The van der Waals surface area contributed by atoms with Gasteiger partial charge in [0.05, 0.1) is 0 Å². The van der Waals surface area contributed by atoms with Gasteiger partial charge in [-0.2, -0.15) is 0 Å². The van der Waals surface area contributed by atoms with Crippen LogP contribution in [0.4, 0.5) is 0 Å². The van der Waals surface area contributed by atoms with E-state index in [0.29, 0.717) is 6.10 Å². The van der Waals surface area contributed by atoms with Crippen LogP contribution >= 0.6 is 0 Å². The van der Waals surface area contributed by atoms with Gasteiger partial charge >= 0.3 is 0 Å². The molecule has 0 spiro atoms. The molecular weight excluding hydrogens is 234 g/mol. The molecule has 0 aromatic heterocycles. The number of ether oxygens (including phenoxy) is 1. The van der Waals surface area contributed by atoms with Crippen LogP contribution in [-0.4, -0.2) is 6.10 Å². The fraction of sp³-hybridized carbons (Fsp3) is 0.647. The van der Waals surface area contributed by atoms with Gasteiger partial charge in [-0.05, 0) is 54.7 Å². The SMILES string of the molecule is CC1Cc2cc(C(N)C3C4CCCCC43)ccc2O1. The van der Waals surface area contributed by atoms with E-state index < -0.39 is 0 Å². The minimum atomic E-state index is 0.245. The lowest BCUT2D eigenvalue weighted by atomic mass is 9.97. The zero-order valence-corrected chi connectivity index (χ0v) is 11.6. The van der Waals surface area contributed by atoms with Crippen LogP contribution in [0.15, 0.2) is 18.2 Å². The molecule has 1 aromatic carbocycles. The Kier molecular flexibility index (Phi) is 2.63. The van der Waals surface area contributed by atoms with E-state index in [1.54, 1.807) is 0 Å². The second-order valence-corrected chi connectivity index (χ2v) is 6.72. The van der Waals surface area contributed by atoms with Gasteiger partial charge in [0, 0.05) is 12.5 Å². The molecule has 4 atom stereocenters. The molecule has 1 heterocycles. The highest BCUT2D eigenvalue weighted by Crippen LogP contribution is 2.59. The first-order valence-corrected chi connectivity index (χ1v) is 7.79. The Morgan fingerprint density at radius 1 is 1.21 bits per heavy atom. The maximum Gasteiger partial charge on any atom is 0.123 e. The first-order valence-electron chi connectivity index (χ1n) is 7.79. The van der Waals surface area contributed by atoms with Gasteiger partial charge in [0.1, 0.15) is 11.9 Å². The summed E-state index contributed by atoms with van der Waals surface area (Å²) in [4.78, 5) is 0. The van der Waals surface area contributed by atoms with Crippen molar-refractivity contribution in [2.75, 3.05) is 0 Å². The first kappa shape index (κ1) is 11.8. The molecule has 0 saturated heterocycles. The van der Waals surface area contributed by atoms with Crippen LogP contribution in [0.1, 0.15) is 49.8 Å². The highest BCUT2D eigenvalue weighted by molar-refractivity contribution is 5.42. The van der Waals surface area contributed by atoms with Gasteiger partial charge in [-0.1, -0.05) is 25.0 Å². The van der Waals surface area contributed by atoms with Crippen molar-refractivity contribution in [3.8, 4) is 5.75 Å². The molecule has 2 aliphatic carbocycles. The Balaban J connectivity index is 1.55. The molecule has 102 valence electrons. The number of hydrogen-bond acceptors (Lipinski definition) is 2. The Morgan fingerprint density at radius 3 is 2.68 bits per heavy atom. The van der Waals surface area contributed by atoms with E-state index in [0.717, 1.165) is 29.9 Å². The van der Waals surface area contributed by atoms with Gasteiger partial charge in [-0.25, -0.2) is 0 Å². The van der Waals surface area contributed by atoms with Crippen LogP contribution in [-0.2, 0) is 6.42 Å². The number of fused-ring (bicyclic) bond motifs is 2. The van der Waals surface area contributed by atoms with Gasteiger partial charge < -0.3 is 10.5 Å². The maximum atomic E-state index is 6.55. The third-order valence-corrected chi connectivity index (χ3v) is 5.44. The average Bonchev–Trinajstić information content (AvgIpc) is 3.02. The summed E-state index contributed by atoms with van der Waals surface area (Å²) in [7, 11) is 0. The highest BCUT2D eigenvalue weighted by atomic mass is 16.5. The molecule has 1 aliphatic heterocycles. The molecule has 2 heteroatoms. The number of rotatable bonds is 2. The third-order valence-electron chi connectivity index (χ3n) is 5.44. The second kappa shape index (κ2) is 4.24. The van der Waals surface area contributed by atoms with Crippen LogP contribution in [0.3, 0.4) is 0 Å². The second-order valence-electron chi connectivity index (χ2n) is 6.72. The maximum absolute atomic E-state index is 6.55. The Hall–Kier alpha value is -1.02. The standard InChI is InChI=1S/C17H23NO/c1-10-8-12-9-11(6-7-15(12)19-10)17(18)16-13-4-2-3-5-14(13)16/h6-7,9-10,13-14,16-17H,2-5,8,18H2,1H3. The lowest BCUT2D eigenvalue weighted by molar-refractivity contribution is 0.254. The summed E-state index contributed by atoms with van der Waals surface area (Å²) in [6.45, 7) is 2.13. The minimum absolute atomic E-state index is 0.245. The average molecular weight is 257 g/mol. The monoisotopic (exact) mass is 257 g/mol. The van der Waals surface area contributed by atoms with E-state index in [1.807, 2.05) is 0 Å². The summed E-state index contributed by atoms with van der Waals surface area (Å²) in [6.07, 6.45) is 7.01. The van der Waals surface area contributed by atoms with Gasteiger partial charge in [0.2, 0.25) is 0 Å². The van der Waals surface area contributed by atoms with Crippen LogP contribution in [0, 0.1) is 17.8 Å². The predicted molar refractivity (Wildman–Crippen MR) is 76.1 cm³/mol. The molecule has 19 heavy (non-hydrogen) atoms. The molecule has 4 rings (SSSR count). The zero-order chi connectivity index (χ0) is 13.0. The van der Waals surface area contributed by atoms with Gasteiger partial charge in [0.15, 0.2) is 0 Å². The molecular formula is C17H23NO. The summed E-state index contributed by atoms with van der Waals surface area (Å²) >= 11 is 0. The smallest absolute Gasteiger partial charge is 0.123 e. The molecule has 2 N–H and O–H groups in total. The molecule has 1 aromatic rings. The minimum Gasteiger partial charge on any atom is -0.490 e. The summed E-state index contributed by atoms with van der Waals surface area (Å²) < 4.78 is 5.77. The molecule has 2 fully saturated rings. The Bertz CT molecular complexity index is 486. The molecule has 2 saturated carbocycles. The quantitative estimate of drug-likeness (QED) is 0.880. The van der Waals surface area contributed by atoms with Crippen LogP contribution in [0.5, 0.6) is 5.75 Å². The fourth-order valence-corrected chi connectivity index (χ4v) is 4.45. The summed E-state index contributed by atoms with van der Waals surface area (Å²) in [5, 5.41) is 0. The van der Waals surface area contributed by atoms with E-state index in [-0.39, 0.29) is 6.04 Å². The van der Waals surface area contributed by atoms with Gasteiger partial charge in [-0.15, -0.1) is 0 Å². The molecule has 2 nitrogen and oxygen atoms in total. The van der Waals surface area contributed by atoms with E-state index in [2.05, 4.69) is 25.1 Å². The third kappa shape index (κ3) is 1.88. The van der Waals surface area contributed by atoms with Crippen LogP contribution in [0.2, 0.25) is 0 Å². The lowest BCUT2D eigenvalue weighted by Crippen LogP contribution is -2.14. The van der Waals surface area contributed by atoms with Crippen LogP contribution in [0.25, 0.3) is 0 Å². The van der Waals surface area contributed by atoms with Crippen molar-refractivity contribution >= 4 is 0 Å². The predicted octanol–water partition coefficient (Wildman–Crippen LogP) is 3.45. The van der Waals surface area contributed by atoms with Crippen molar-refractivity contribution in [3.63, 3.8) is 0 Å². The Labute approximate surface area is 115 Å². The van der Waals surface area contributed by atoms with E-state index in [4.69, 9.17) is 10.5 Å². The van der Waals surface area contributed by atoms with E-state index >= 15 is 0 Å². The van der Waals surface area contributed by atoms with Crippen molar-refractivity contribution in [1.82, 2.24) is 0 Å². The van der Waals surface area contributed by atoms with Crippen molar-refractivity contribution in [3.05, 3.63) is 29.3 Å².